The zero-order valence-corrected chi connectivity index (χ0v) is 11.1. The molecule has 0 radical (unpaired) electrons. The van der Waals surface area contributed by atoms with Gasteiger partial charge in [0.1, 0.15) is 0 Å². The second-order valence-electron chi connectivity index (χ2n) is 5.05. The van der Waals surface area contributed by atoms with Gasteiger partial charge in [0.05, 0.1) is 18.0 Å². The lowest BCUT2D eigenvalue weighted by Gasteiger charge is -2.21. The predicted molar refractivity (Wildman–Crippen MR) is 76.0 cm³/mol. The van der Waals surface area contributed by atoms with Crippen LogP contribution in [0.15, 0.2) is 36.5 Å². The lowest BCUT2D eigenvalue weighted by molar-refractivity contribution is 0.0747. The molecule has 0 saturated heterocycles. The third-order valence-corrected chi connectivity index (χ3v) is 3.56. The third-order valence-electron chi connectivity index (χ3n) is 3.56. The van der Waals surface area contributed by atoms with E-state index in [1.807, 2.05) is 35.2 Å². The molecule has 1 aromatic heterocycles. The molecule has 1 saturated carbocycles. The first-order chi connectivity index (χ1) is 9.79. The molecule has 1 aliphatic carbocycles. The van der Waals surface area contributed by atoms with Crippen LogP contribution in [-0.4, -0.2) is 28.4 Å². The summed E-state index contributed by atoms with van der Waals surface area (Å²) in [5.41, 5.74) is 1.56. The summed E-state index contributed by atoms with van der Waals surface area (Å²) >= 11 is 0. The van der Waals surface area contributed by atoms with Crippen LogP contribution >= 0.6 is 0 Å². The van der Waals surface area contributed by atoms with E-state index in [2.05, 4.69) is 11.1 Å². The van der Waals surface area contributed by atoms with Crippen molar-refractivity contribution in [1.82, 2.24) is 9.88 Å². The molecule has 4 nitrogen and oxygen atoms in total. The van der Waals surface area contributed by atoms with E-state index in [0.29, 0.717) is 24.6 Å². The van der Waals surface area contributed by atoms with Gasteiger partial charge in [-0.2, -0.15) is 5.26 Å². The van der Waals surface area contributed by atoms with Crippen molar-refractivity contribution in [3.8, 4) is 6.07 Å². The van der Waals surface area contributed by atoms with E-state index in [4.69, 9.17) is 5.26 Å². The first-order valence-electron chi connectivity index (χ1n) is 6.82. The lowest BCUT2D eigenvalue weighted by Crippen LogP contribution is -2.33. The number of carbonyl (C=O) groups excluding carboxylic acids is 1. The van der Waals surface area contributed by atoms with Gasteiger partial charge in [0, 0.05) is 29.7 Å². The standard InChI is InChI=1S/C16H15N3O/c17-8-2-10-19(14-5-6-14)16(20)13-4-7-15-12(11-13)3-1-9-18-15/h1,3-4,7,9,11,14H,2,5-6,10H2. The maximum atomic E-state index is 12.6. The van der Waals surface area contributed by atoms with Gasteiger partial charge in [-0.05, 0) is 37.1 Å². The highest BCUT2D eigenvalue weighted by molar-refractivity contribution is 5.98. The maximum Gasteiger partial charge on any atom is 0.254 e. The summed E-state index contributed by atoms with van der Waals surface area (Å²) in [4.78, 5) is 18.7. The van der Waals surface area contributed by atoms with Crippen molar-refractivity contribution >= 4 is 16.8 Å². The minimum atomic E-state index is 0.0218. The average Bonchev–Trinajstić information content (AvgIpc) is 3.32. The normalized spacial score (nSPS) is 13.9. The summed E-state index contributed by atoms with van der Waals surface area (Å²) in [5, 5.41) is 9.68. The molecule has 1 fully saturated rings. The van der Waals surface area contributed by atoms with Crippen LogP contribution < -0.4 is 0 Å². The summed E-state index contributed by atoms with van der Waals surface area (Å²) in [7, 11) is 0. The van der Waals surface area contributed by atoms with E-state index in [9.17, 15) is 4.79 Å². The number of hydrogen-bond donors (Lipinski definition) is 0. The van der Waals surface area contributed by atoms with Crippen molar-refractivity contribution in [2.75, 3.05) is 6.54 Å². The van der Waals surface area contributed by atoms with Crippen molar-refractivity contribution in [3.63, 3.8) is 0 Å². The number of amides is 1. The van der Waals surface area contributed by atoms with E-state index in [1.54, 1.807) is 6.20 Å². The number of benzene rings is 1. The first-order valence-corrected chi connectivity index (χ1v) is 6.82. The quantitative estimate of drug-likeness (QED) is 0.854. The van der Waals surface area contributed by atoms with Crippen molar-refractivity contribution in [2.45, 2.75) is 25.3 Å². The second-order valence-corrected chi connectivity index (χ2v) is 5.05. The molecule has 0 bridgehead atoms. The average molecular weight is 265 g/mol. The molecule has 1 amide bonds. The summed E-state index contributed by atoms with van der Waals surface area (Å²) in [6.07, 6.45) is 4.23. The first kappa shape index (κ1) is 12.6. The van der Waals surface area contributed by atoms with Crippen molar-refractivity contribution in [2.24, 2.45) is 0 Å². The van der Waals surface area contributed by atoms with Gasteiger partial charge in [-0.1, -0.05) is 6.07 Å². The molecule has 100 valence electrons. The number of nitriles is 1. The maximum absolute atomic E-state index is 12.6. The highest BCUT2D eigenvalue weighted by Gasteiger charge is 2.32. The van der Waals surface area contributed by atoms with E-state index >= 15 is 0 Å². The Morgan fingerprint density at radius 3 is 3.00 bits per heavy atom. The second kappa shape index (κ2) is 5.30. The molecular weight excluding hydrogens is 250 g/mol. The van der Waals surface area contributed by atoms with Crippen LogP contribution in [0.5, 0.6) is 0 Å². The molecule has 0 aliphatic heterocycles. The van der Waals surface area contributed by atoms with E-state index < -0.39 is 0 Å². The molecule has 0 unspecified atom stereocenters. The highest BCUT2D eigenvalue weighted by atomic mass is 16.2. The SMILES string of the molecule is N#CCCN(C(=O)c1ccc2ncccc2c1)C1CC1. The van der Waals surface area contributed by atoms with Gasteiger partial charge in [-0.15, -0.1) is 0 Å². The lowest BCUT2D eigenvalue weighted by atomic mass is 10.1. The van der Waals surface area contributed by atoms with E-state index in [1.165, 1.54) is 0 Å². The van der Waals surface area contributed by atoms with Gasteiger partial charge >= 0.3 is 0 Å². The predicted octanol–water partition coefficient (Wildman–Crippen LogP) is 2.75. The summed E-state index contributed by atoms with van der Waals surface area (Å²) < 4.78 is 0. The summed E-state index contributed by atoms with van der Waals surface area (Å²) in [5.74, 6) is 0.0218. The number of rotatable bonds is 4. The van der Waals surface area contributed by atoms with Gasteiger partial charge < -0.3 is 4.90 Å². The van der Waals surface area contributed by atoms with Gasteiger partial charge in [-0.3, -0.25) is 9.78 Å². The molecule has 1 aliphatic rings. The number of aromatic nitrogens is 1. The highest BCUT2D eigenvalue weighted by Crippen LogP contribution is 2.28. The van der Waals surface area contributed by atoms with Gasteiger partial charge in [0.25, 0.3) is 5.91 Å². The van der Waals surface area contributed by atoms with Gasteiger partial charge in [0.15, 0.2) is 0 Å². The fraction of sp³-hybridized carbons (Fsp3) is 0.312. The topological polar surface area (TPSA) is 57.0 Å². The number of fused-ring (bicyclic) bond motifs is 1. The zero-order chi connectivity index (χ0) is 13.9. The fourth-order valence-electron chi connectivity index (χ4n) is 2.38. The Balaban J connectivity index is 1.88. The molecule has 0 atom stereocenters. The monoisotopic (exact) mass is 265 g/mol. The molecule has 0 N–H and O–H groups in total. The Bertz CT molecular complexity index is 685. The van der Waals surface area contributed by atoms with Crippen molar-refractivity contribution in [1.29, 1.82) is 5.26 Å². The number of hydrogen-bond acceptors (Lipinski definition) is 3. The van der Waals surface area contributed by atoms with Gasteiger partial charge in [-0.25, -0.2) is 0 Å². The smallest absolute Gasteiger partial charge is 0.254 e. The molecule has 1 aromatic carbocycles. The molecule has 3 rings (SSSR count). The third kappa shape index (κ3) is 2.48. The minimum Gasteiger partial charge on any atom is -0.335 e. The van der Waals surface area contributed by atoms with Crippen LogP contribution in [0.1, 0.15) is 29.6 Å². The Morgan fingerprint density at radius 1 is 1.40 bits per heavy atom. The Morgan fingerprint density at radius 2 is 2.25 bits per heavy atom. The Hall–Kier alpha value is -2.41. The molecule has 20 heavy (non-hydrogen) atoms. The molecule has 2 aromatic rings. The fourth-order valence-corrected chi connectivity index (χ4v) is 2.38. The number of pyridine rings is 1. The molecular formula is C16H15N3O. The number of carbonyl (C=O) groups is 1. The Kier molecular flexibility index (Phi) is 3.34. The van der Waals surface area contributed by atoms with Crippen molar-refractivity contribution in [3.05, 3.63) is 42.1 Å². The van der Waals surface area contributed by atoms with Crippen LogP contribution in [0, 0.1) is 11.3 Å². The van der Waals surface area contributed by atoms with Gasteiger partial charge in [0.2, 0.25) is 0 Å². The van der Waals surface area contributed by atoms with E-state index in [0.717, 1.165) is 23.7 Å². The number of nitrogens with zero attached hydrogens (tertiary/aromatic N) is 3. The van der Waals surface area contributed by atoms with Crippen LogP contribution in [0.3, 0.4) is 0 Å². The summed E-state index contributed by atoms with van der Waals surface area (Å²) in [6.45, 7) is 0.519. The van der Waals surface area contributed by atoms with Crippen LogP contribution in [-0.2, 0) is 0 Å². The Labute approximate surface area is 117 Å². The largest absolute Gasteiger partial charge is 0.335 e. The van der Waals surface area contributed by atoms with Crippen LogP contribution in [0.2, 0.25) is 0 Å². The van der Waals surface area contributed by atoms with Crippen LogP contribution in [0.25, 0.3) is 10.9 Å². The molecule has 1 heterocycles. The molecule has 0 spiro atoms. The summed E-state index contributed by atoms with van der Waals surface area (Å²) in [6, 6.07) is 11.8. The molecule has 4 heteroatoms. The minimum absolute atomic E-state index is 0.0218. The van der Waals surface area contributed by atoms with Crippen molar-refractivity contribution < 1.29 is 4.79 Å². The van der Waals surface area contributed by atoms with E-state index in [-0.39, 0.29) is 5.91 Å². The van der Waals surface area contributed by atoms with Crippen LogP contribution in [0.4, 0.5) is 0 Å². The zero-order valence-electron chi connectivity index (χ0n) is 11.1.